The number of hydrogen-bond acceptors (Lipinski definition) is 4. The number of anilines is 1. The zero-order valence-electron chi connectivity index (χ0n) is 16.9. The Balaban J connectivity index is 1.55. The lowest BCUT2D eigenvalue weighted by atomic mass is 10.0. The number of piperazine rings is 1. The van der Waals surface area contributed by atoms with Crippen LogP contribution in [0.1, 0.15) is 30.5 Å². The minimum Gasteiger partial charge on any atom is -0.423 e. The molecule has 0 radical (unpaired) electrons. The Morgan fingerprint density at radius 2 is 1.96 bits per heavy atom. The Morgan fingerprint density at radius 1 is 1.11 bits per heavy atom. The third kappa shape index (κ3) is 3.83. The fourth-order valence-electron chi connectivity index (χ4n) is 4.23. The molecule has 0 N–H and O–H groups in total. The first kappa shape index (κ1) is 18.8. The predicted molar refractivity (Wildman–Crippen MR) is 115 cm³/mol. The van der Waals surface area contributed by atoms with Crippen LogP contribution in [0.25, 0.3) is 11.0 Å². The summed E-state index contributed by atoms with van der Waals surface area (Å²) < 4.78 is 5.42. The van der Waals surface area contributed by atoms with Crippen molar-refractivity contribution in [2.45, 2.75) is 39.8 Å². The van der Waals surface area contributed by atoms with Gasteiger partial charge in [-0.2, -0.15) is 0 Å². The maximum Gasteiger partial charge on any atom is 0.336 e. The van der Waals surface area contributed by atoms with Crippen LogP contribution in [0.3, 0.4) is 0 Å². The van der Waals surface area contributed by atoms with Crippen molar-refractivity contribution in [3.05, 3.63) is 75.6 Å². The molecule has 2 heterocycles. The molecule has 0 amide bonds. The zero-order valence-corrected chi connectivity index (χ0v) is 16.9. The Labute approximate surface area is 166 Å². The van der Waals surface area contributed by atoms with Crippen LogP contribution in [-0.4, -0.2) is 30.6 Å². The third-order valence-electron chi connectivity index (χ3n) is 5.74. The maximum atomic E-state index is 12.0. The maximum absolute atomic E-state index is 12.0. The van der Waals surface area contributed by atoms with Crippen LogP contribution in [0.2, 0.25) is 0 Å². The molecule has 1 unspecified atom stereocenters. The van der Waals surface area contributed by atoms with E-state index >= 15 is 0 Å². The van der Waals surface area contributed by atoms with E-state index in [0.29, 0.717) is 11.6 Å². The number of rotatable bonds is 4. The van der Waals surface area contributed by atoms with Crippen molar-refractivity contribution < 1.29 is 4.42 Å². The van der Waals surface area contributed by atoms with Crippen LogP contribution in [0.4, 0.5) is 5.69 Å². The molecule has 0 saturated carbocycles. The Morgan fingerprint density at radius 3 is 2.71 bits per heavy atom. The lowest BCUT2D eigenvalue weighted by molar-refractivity contribution is 0.221. The summed E-state index contributed by atoms with van der Waals surface area (Å²) in [5.74, 6) is 0. The highest BCUT2D eigenvalue weighted by Crippen LogP contribution is 2.25. The van der Waals surface area contributed by atoms with Gasteiger partial charge in [0.2, 0.25) is 0 Å². The molecule has 146 valence electrons. The summed E-state index contributed by atoms with van der Waals surface area (Å²) in [5, 5.41) is 1.06. The molecule has 1 aromatic heterocycles. The summed E-state index contributed by atoms with van der Waals surface area (Å²) in [5.41, 5.74) is 5.34. The van der Waals surface area contributed by atoms with E-state index in [4.69, 9.17) is 4.42 Å². The molecule has 28 heavy (non-hydrogen) atoms. The number of hydrogen-bond donors (Lipinski definition) is 0. The Bertz CT molecular complexity index is 1040. The molecular weight excluding hydrogens is 348 g/mol. The highest BCUT2D eigenvalue weighted by Gasteiger charge is 2.24. The number of benzene rings is 2. The molecule has 2 aromatic carbocycles. The van der Waals surface area contributed by atoms with Gasteiger partial charge in [-0.15, -0.1) is 0 Å². The van der Waals surface area contributed by atoms with E-state index in [-0.39, 0.29) is 5.63 Å². The fourth-order valence-corrected chi connectivity index (χ4v) is 4.23. The standard InChI is InChI=1S/C24H28N2O2/c1-4-19-8-9-23-22(13-19)20(14-24(27)28-23)16-25-10-11-26(18(3)15-25)21-7-5-6-17(2)12-21/h5-9,12-14,18H,4,10-11,15-16H2,1-3H3. The molecule has 0 bridgehead atoms. The molecule has 1 fully saturated rings. The molecule has 1 atom stereocenters. The number of fused-ring (bicyclic) bond motifs is 1. The summed E-state index contributed by atoms with van der Waals surface area (Å²) in [7, 11) is 0. The summed E-state index contributed by atoms with van der Waals surface area (Å²) in [6.07, 6.45) is 0.973. The van der Waals surface area contributed by atoms with E-state index in [0.717, 1.165) is 43.5 Å². The Hall–Kier alpha value is -2.59. The summed E-state index contributed by atoms with van der Waals surface area (Å²) in [6.45, 7) is 10.3. The van der Waals surface area contributed by atoms with Crippen molar-refractivity contribution >= 4 is 16.7 Å². The topological polar surface area (TPSA) is 36.7 Å². The van der Waals surface area contributed by atoms with Gasteiger partial charge < -0.3 is 9.32 Å². The van der Waals surface area contributed by atoms with Crippen LogP contribution in [0, 0.1) is 6.92 Å². The van der Waals surface area contributed by atoms with E-state index < -0.39 is 0 Å². The van der Waals surface area contributed by atoms with Crippen molar-refractivity contribution in [2.75, 3.05) is 24.5 Å². The summed E-state index contributed by atoms with van der Waals surface area (Å²) in [6, 6.07) is 16.9. The molecule has 4 rings (SSSR count). The average Bonchev–Trinajstić information content (AvgIpc) is 2.67. The first-order chi connectivity index (χ1) is 13.5. The lowest BCUT2D eigenvalue weighted by Gasteiger charge is -2.41. The highest BCUT2D eigenvalue weighted by atomic mass is 16.4. The van der Waals surface area contributed by atoms with Gasteiger partial charge in [0.15, 0.2) is 0 Å². The van der Waals surface area contributed by atoms with Crippen molar-refractivity contribution in [1.82, 2.24) is 4.90 Å². The monoisotopic (exact) mass is 376 g/mol. The average molecular weight is 377 g/mol. The van der Waals surface area contributed by atoms with Gasteiger partial charge in [-0.25, -0.2) is 4.79 Å². The molecule has 0 spiro atoms. The van der Waals surface area contributed by atoms with E-state index in [2.05, 4.69) is 60.9 Å². The van der Waals surface area contributed by atoms with Crippen LogP contribution in [-0.2, 0) is 13.0 Å². The fraction of sp³-hybridized carbons (Fsp3) is 0.375. The number of aryl methyl sites for hydroxylation is 2. The van der Waals surface area contributed by atoms with Crippen molar-refractivity contribution in [2.24, 2.45) is 0 Å². The van der Waals surface area contributed by atoms with Gasteiger partial charge >= 0.3 is 5.63 Å². The van der Waals surface area contributed by atoms with E-state index in [1.807, 2.05) is 12.1 Å². The van der Waals surface area contributed by atoms with Gasteiger partial charge in [0.05, 0.1) is 0 Å². The third-order valence-corrected chi connectivity index (χ3v) is 5.74. The normalized spacial score (nSPS) is 18.0. The number of nitrogens with zero attached hydrogens (tertiary/aromatic N) is 2. The second kappa shape index (κ2) is 7.80. The molecule has 4 nitrogen and oxygen atoms in total. The minimum absolute atomic E-state index is 0.266. The zero-order chi connectivity index (χ0) is 19.7. The van der Waals surface area contributed by atoms with Gasteiger partial charge in [-0.1, -0.05) is 25.1 Å². The van der Waals surface area contributed by atoms with E-state index in [9.17, 15) is 4.79 Å². The van der Waals surface area contributed by atoms with Crippen molar-refractivity contribution in [1.29, 1.82) is 0 Å². The molecule has 1 saturated heterocycles. The molecule has 1 aliphatic heterocycles. The van der Waals surface area contributed by atoms with Gasteiger partial charge in [-0.3, -0.25) is 4.90 Å². The van der Waals surface area contributed by atoms with Crippen LogP contribution < -0.4 is 10.5 Å². The van der Waals surface area contributed by atoms with Crippen LogP contribution in [0.15, 0.2) is 57.7 Å². The van der Waals surface area contributed by atoms with Crippen molar-refractivity contribution in [3.8, 4) is 0 Å². The quantitative estimate of drug-likeness (QED) is 0.634. The molecule has 0 aliphatic carbocycles. The first-order valence-electron chi connectivity index (χ1n) is 10.1. The van der Waals surface area contributed by atoms with Crippen molar-refractivity contribution in [3.63, 3.8) is 0 Å². The van der Waals surface area contributed by atoms with E-state index in [1.165, 1.54) is 16.8 Å². The SMILES string of the molecule is CCc1ccc2oc(=O)cc(CN3CCN(c4cccc(C)c4)C(C)C3)c2c1. The highest BCUT2D eigenvalue weighted by molar-refractivity contribution is 5.81. The lowest BCUT2D eigenvalue weighted by Crippen LogP contribution is -2.51. The Kier molecular flexibility index (Phi) is 5.23. The van der Waals surface area contributed by atoms with Gasteiger partial charge in [0, 0.05) is 49.4 Å². The summed E-state index contributed by atoms with van der Waals surface area (Å²) in [4.78, 5) is 17.0. The van der Waals surface area contributed by atoms with Gasteiger partial charge in [-0.05, 0) is 61.2 Å². The predicted octanol–water partition coefficient (Wildman–Crippen LogP) is 4.37. The first-order valence-corrected chi connectivity index (χ1v) is 10.1. The van der Waals surface area contributed by atoms with Crippen LogP contribution >= 0.6 is 0 Å². The van der Waals surface area contributed by atoms with Gasteiger partial charge in [0.25, 0.3) is 0 Å². The molecule has 1 aliphatic rings. The molecule has 3 aromatic rings. The smallest absolute Gasteiger partial charge is 0.336 e. The molecular formula is C24H28N2O2. The second-order valence-corrected chi connectivity index (χ2v) is 7.89. The van der Waals surface area contributed by atoms with Crippen LogP contribution in [0.5, 0.6) is 0 Å². The minimum atomic E-state index is -0.266. The second-order valence-electron chi connectivity index (χ2n) is 7.89. The van der Waals surface area contributed by atoms with Gasteiger partial charge in [0.1, 0.15) is 5.58 Å². The summed E-state index contributed by atoms with van der Waals surface area (Å²) >= 11 is 0. The van der Waals surface area contributed by atoms with E-state index in [1.54, 1.807) is 6.07 Å². The largest absolute Gasteiger partial charge is 0.423 e. The molecule has 4 heteroatoms.